The van der Waals surface area contributed by atoms with Crippen LogP contribution < -0.4 is 4.74 Å². The fraction of sp³-hybridized carbons (Fsp3) is 0.650. The third-order valence-electron chi connectivity index (χ3n) is 8.18. The Morgan fingerprint density at radius 2 is 2.16 bits per heavy atom. The number of aliphatic hydroxyl groups is 1. The van der Waals surface area contributed by atoms with Gasteiger partial charge in [-0.15, -0.1) is 0 Å². The molecule has 130 valence electrons. The van der Waals surface area contributed by atoms with E-state index in [1.807, 2.05) is 6.07 Å². The number of Topliss-reactive ketones (excluding diaryl/α,β-unsaturated/α-hetero) is 1. The van der Waals surface area contributed by atoms with Crippen molar-refractivity contribution in [3.63, 3.8) is 0 Å². The van der Waals surface area contributed by atoms with Gasteiger partial charge in [-0.1, -0.05) is 6.07 Å². The first-order valence-electron chi connectivity index (χ1n) is 9.55. The molecule has 5 heteroatoms. The molecule has 5 nitrogen and oxygen atoms in total. The lowest BCUT2D eigenvalue weighted by Crippen LogP contribution is -2.65. The molecule has 2 aliphatic heterocycles. The van der Waals surface area contributed by atoms with Crippen molar-refractivity contribution in [2.75, 3.05) is 6.54 Å². The normalized spacial score (nSPS) is 50.3. The number of piperidine rings is 1. The van der Waals surface area contributed by atoms with E-state index >= 15 is 0 Å². The van der Waals surface area contributed by atoms with Crippen molar-refractivity contribution in [2.45, 2.75) is 67.2 Å². The second kappa shape index (κ2) is 3.60. The highest BCUT2D eigenvalue weighted by atomic mass is 16.5. The van der Waals surface area contributed by atoms with Gasteiger partial charge < -0.3 is 14.9 Å². The molecule has 1 aromatic carbocycles. The maximum atomic E-state index is 12.7. The van der Waals surface area contributed by atoms with Crippen LogP contribution in [0.3, 0.4) is 0 Å². The van der Waals surface area contributed by atoms with Crippen molar-refractivity contribution in [1.82, 2.24) is 4.90 Å². The maximum Gasteiger partial charge on any atom is 0.174 e. The number of hydrogen-bond acceptors (Lipinski definition) is 5. The Kier molecular flexibility index (Phi) is 1.96. The van der Waals surface area contributed by atoms with E-state index in [0.29, 0.717) is 18.6 Å². The Balaban J connectivity index is 1.49. The molecule has 4 fully saturated rings. The van der Waals surface area contributed by atoms with Crippen LogP contribution in [0.4, 0.5) is 0 Å². The molecule has 6 aliphatic rings. The van der Waals surface area contributed by atoms with E-state index in [1.54, 1.807) is 6.07 Å². The number of phenolic OH excluding ortho intramolecular Hbond substituents is 1. The van der Waals surface area contributed by atoms with Crippen LogP contribution in [0, 0.1) is 5.92 Å². The van der Waals surface area contributed by atoms with Gasteiger partial charge in [-0.3, -0.25) is 9.69 Å². The Hall–Kier alpha value is -1.59. The SMILES string of the molecule is O=C1CC[C@@]2(O)C3N(CC4CC4)[C@@]34Cc3ccc(O)c5c3C2(C4)[C@H]1O5. The number of aromatic hydroxyl groups is 1. The highest BCUT2D eigenvalue weighted by Crippen LogP contribution is 2.76. The Bertz CT molecular complexity index is 879. The number of ketones is 1. The average Bonchev–Trinajstić information content (AvgIpc) is 3.45. The molecule has 2 heterocycles. The van der Waals surface area contributed by atoms with Crippen LogP contribution in [0.25, 0.3) is 0 Å². The minimum atomic E-state index is -0.912. The summed E-state index contributed by atoms with van der Waals surface area (Å²) in [5.41, 5.74) is 0.543. The van der Waals surface area contributed by atoms with Crippen molar-refractivity contribution in [2.24, 2.45) is 5.92 Å². The molecule has 7 rings (SSSR count). The Labute approximate surface area is 145 Å². The van der Waals surface area contributed by atoms with Crippen molar-refractivity contribution >= 4 is 5.78 Å². The van der Waals surface area contributed by atoms with Crippen LogP contribution in [0.5, 0.6) is 11.5 Å². The van der Waals surface area contributed by atoms with Gasteiger partial charge in [-0.2, -0.15) is 0 Å². The third kappa shape index (κ3) is 1.19. The Morgan fingerprint density at radius 3 is 2.96 bits per heavy atom. The number of carbonyl (C=O) groups is 1. The number of hydrogen-bond donors (Lipinski definition) is 2. The van der Waals surface area contributed by atoms with Crippen molar-refractivity contribution in [1.29, 1.82) is 0 Å². The van der Waals surface area contributed by atoms with E-state index in [-0.39, 0.29) is 23.1 Å². The first kappa shape index (κ1) is 13.6. The lowest BCUT2D eigenvalue weighted by molar-refractivity contribution is -0.149. The van der Waals surface area contributed by atoms with Gasteiger partial charge in [0.15, 0.2) is 23.4 Å². The zero-order chi connectivity index (χ0) is 16.8. The summed E-state index contributed by atoms with van der Waals surface area (Å²) in [7, 11) is 0. The van der Waals surface area contributed by atoms with Gasteiger partial charge in [0.1, 0.15) is 0 Å². The standard InChI is InChI=1S/C20H21NO4/c22-12-4-3-11-7-18-9-19-14(11)15(12)25-16(19)13(23)5-6-20(19,24)17(18)21(18)8-10-1-2-10/h3-4,10,16-17,22,24H,1-2,5-9H2/t16-,17?,18+,19?,20+,21?/m0/s1. The molecule has 3 saturated carbocycles. The summed E-state index contributed by atoms with van der Waals surface area (Å²) in [4.78, 5) is 15.3. The quantitative estimate of drug-likeness (QED) is 0.795. The lowest BCUT2D eigenvalue weighted by atomic mass is 9.57. The van der Waals surface area contributed by atoms with Gasteiger partial charge in [0.05, 0.1) is 17.1 Å². The fourth-order valence-corrected chi connectivity index (χ4v) is 7.16. The first-order valence-corrected chi connectivity index (χ1v) is 9.55. The number of phenols is 1. The molecular formula is C20H21NO4. The number of nitrogens with zero attached hydrogens (tertiary/aromatic N) is 1. The zero-order valence-corrected chi connectivity index (χ0v) is 14.0. The van der Waals surface area contributed by atoms with Crippen LogP contribution in [0.2, 0.25) is 0 Å². The number of rotatable bonds is 2. The Morgan fingerprint density at radius 1 is 1.32 bits per heavy atom. The van der Waals surface area contributed by atoms with Crippen LogP contribution in [-0.4, -0.2) is 50.7 Å². The number of likely N-dealkylation sites (tertiary alicyclic amines) is 1. The molecule has 4 aliphatic carbocycles. The monoisotopic (exact) mass is 339 g/mol. The molecule has 2 spiro atoms. The van der Waals surface area contributed by atoms with Crippen LogP contribution in [0.1, 0.15) is 43.2 Å². The number of carbonyl (C=O) groups excluding carboxylic acids is 1. The summed E-state index contributed by atoms with van der Waals surface area (Å²) in [5, 5.41) is 22.3. The summed E-state index contributed by atoms with van der Waals surface area (Å²) in [6, 6.07) is 3.81. The number of ether oxygens (including phenoxy) is 1. The molecule has 0 radical (unpaired) electrons. The van der Waals surface area contributed by atoms with Crippen LogP contribution in [0.15, 0.2) is 12.1 Å². The second-order valence-corrected chi connectivity index (χ2v) is 9.26. The number of fused-ring (bicyclic) bond motifs is 1. The van der Waals surface area contributed by atoms with Gasteiger partial charge >= 0.3 is 0 Å². The molecule has 2 N–H and O–H groups in total. The van der Waals surface area contributed by atoms with E-state index in [1.165, 1.54) is 12.8 Å². The summed E-state index contributed by atoms with van der Waals surface area (Å²) in [5.74, 6) is 1.43. The van der Waals surface area contributed by atoms with E-state index < -0.39 is 17.1 Å². The van der Waals surface area contributed by atoms with Gasteiger partial charge in [0.25, 0.3) is 0 Å². The van der Waals surface area contributed by atoms with E-state index in [9.17, 15) is 15.0 Å². The summed E-state index contributed by atoms with van der Waals surface area (Å²) in [6.07, 6.45) is 4.59. The molecule has 0 amide bonds. The van der Waals surface area contributed by atoms with E-state index in [0.717, 1.165) is 36.4 Å². The van der Waals surface area contributed by atoms with Gasteiger partial charge in [-0.05, 0) is 49.7 Å². The van der Waals surface area contributed by atoms with Crippen LogP contribution in [-0.2, 0) is 16.6 Å². The minimum Gasteiger partial charge on any atom is -0.504 e. The van der Waals surface area contributed by atoms with E-state index in [2.05, 4.69) is 4.90 Å². The molecule has 2 bridgehead atoms. The lowest BCUT2D eigenvalue weighted by Gasteiger charge is -2.50. The molecular weight excluding hydrogens is 318 g/mol. The topological polar surface area (TPSA) is 69.8 Å². The first-order chi connectivity index (χ1) is 12.0. The van der Waals surface area contributed by atoms with Crippen LogP contribution >= 0.6 is 0 Å². The number of benzene rings is 1. The maximum absolute atomic E-state index is 12.7. The molecule has 25 heavy (non-hydrogen) atoms. The van der Waals surface area contributed by atoms with Crippen molar-refractivity contribution in [3.05, 3.63) is 23.3 Å². The van der Waals surface area contributed by atoms with Crippen molar-refractivity contribution < 1.29 is 19.7 Å². The van der Waals surface area contributed by atoms with Crippen molar-refractivity contribution in [3.8, 4) is 11.5 Å². The molecule has 1 saturated heterocycles. The zero-order valence-electron chi connectivity index (χ0n) is 14.0. The summed E-state index contributed by atoms with van der Waals surface area (Å²) >= 11 is 0. The molecule has 0 aromatic heterocycles. The minimum absolute atomic E-state index is 0.00481. The van der Waals surface area contributed by atoms with Gasteiger partial charge in [0, 0.05) is 24.1 Å². The van der Waals surface area contributed by atoms with Gasteiger partial charge in [0.2, 0.25) is 0 Å². The second-order valence-electron chi connectivity index (χ2n) is 9.26. The average molecular weight is 339 g/mol. The summed E-state index contributed by atoms with van der Waals surface area (Å²) in [6.45, 7) is 1.09. The smallest absolute Gasteiger partial charge is 0.174 e. The molecule has 6 atom stereocenters. The third-order valence-corrected chi connectivity index (χ3v) is 8.18. The largest absolute Gasteiger partial charge is 0.504 e. The highest BCUT2D eigenvalue weighted by Gasteiger charge is 2.88. The molecule has 3 unspecified atom stereocenters. The predicted molar refractivity (Wildman–Crippen MR) is 87.7 cm³/mol. The molecule has 1 aromatic rings. The highest BCUT2D eigenvalue weighted by molar-refractivity contribution is 5.90. The summed E-state index contributed by atoms with van der Waals surface area (Å²) < 4.78 is 6.05. The van der Waals surface area contributed by atoms with Gasteiger partial charge in [-0.25, -0.2) is 0 Å². The van der Waals surface area contributed by atoms with E-state index in [4.69, 9.17) is 4.74 Å². The predicted octanol–water partition coefficient (Wildman–Crippen LogP) is 1.28. The fourth-order valence-electron chi connectivity index (χ4n) is 7.16.